The summed E-state index contributed by atoms with van der Waals surface area (Å²) in [5.41, 5.74) is 3.73. The minimum atomic E-state index is 0.0374. The highest BCUT2D eigenvalue weighted by Gasteiger charge is 2.25. The average molecular weight is 345 g/mol. The number of fused-ring (bicyclic) bond motifs is 1. The molecule has 0 aromatic heterocycles. The molecule has 2 aliphatic rings. The quantitative estimate of drug-likeness (QED) is 0.863. The first-order valence-electron chi connectivity index (χ1n) is 9.67. The lowest BCUT2D eigenvalue weighted by Crippen LogP contribution is -2.47. The number of benzene rings is 1. The third-order valence-corrected chi connectivity index (χ3v) is 5.68. The Bertz CT molecular complexity index is 582. The second-order valence-electron chi connectivity index (χ2n) is 7.36. The number of hydrogen-bond acceptors (Lipinski definition) is 3. The van der Waals surface area contributed by atoms with Crippen LogP contribution in [-0.2, 0) is 12.8 Å². The molecule has 138 valence electrons. The summed E-state index contributed by atoms with van der Waals surface area (Å²) in [7, 11) is 2.12. The van der Waals surface area contributed by atoms with Crippen LogP contribution in [0.2, 0.25) is 0 Å². The summed E-state index contributed by atoms with van der Waals surface area (Å²) in [5.74, 6) is 0. The molecule has 1 aliphatic heterocycles. The van der Waals surface area contributed by atoms with Crippen LogP contribution in [0.4, 0.5) is 10.5 Å². The van der Waals surface area contributed by atoms with Gasteiger partial charge in [-0.2, -0.15) is 0 Å². The second-order valence-corrected chi connectivity index (χ2v) is 7.36. The molecule has 1 fully saturated rings. The summed E-state index contributed by atoms with van der Waals surface area (Å²) in [5, 5.41) is 12.1. The molecule has 1 heterocycles. The van der Waals surface area contributed by atoms with Crippen molar-refractivity contribution in [3.63, 3.8) is 0 Å². The number of hydrogen-bond donors (Lipinski definition) is 2. The van der Waals surface area contributed by atoms with Crippen molar-refractivity contribution in [1.82, 2.24) is 9.80 Å². The maximum Gasteiger partial charge on any atom is 0.321 e. The predicted molar refractivity (Wildman–Crippen MR) is 101 cm³/mol. The van der Waals surface area contributed by atoms with E-state index in [1.807, 2.05) is 11.0 Å². The van der Waals surface area contributed by atoms with Gasteiger partial charge in [-0.05, 0) is 69.2 Å². The van der Waals surface area contributed by atoms with Gasteiger partial charge in [-0.25, -0.2) is 4.79 Å². The number of anilines is 1. The van der Waals surface area contributed by atoms with Gasteiger partial charge < -0.3 is 20.2 Å². The van der Waals surface area contributed by atoms with Gasteiger partial charge in [-0.1, -0.05) is 12.1 Å². The van der Waals surface area contributed by atoms with Crippen molar-refractivity contribution in [3.05, 3.63) is 29.3 Å². The van der Waals surface area contributed by atoms with E-state index in [-0.39, 0.29) is 12.6 Å². The third-order valence-electron chi connectivity index (χ3n) is 5.68. The number of aliphatic hydroxyl groups is 1. The number of aryl methyl sites for hydroxylation is 1. The van der Waals surface area contributed by atoms with Gasteiger partial charge in [0.15, 0.2) is 0 Å². The Morgan fingerprint density at radius 1 is 1.28 bits per heavy atom. The van der Waals surface area contributed by atoms with Crippen LogP contribution >= 0.6 is 0 Å². The van der Waals surface area contributed by atoms with Crippen molar-refractivity contribution in [2.75, 3.05) is 38.6 Å². The van der Waals surface area contributed by atoms with Crippen LogP contribution in [-0.4, -0.2) is 60.3 Å². The lowest BCUT2D eigenvalue weighted by atomic mass is 9.90. The molecule has 5 nitrogen and oxygen atoms in total. The molecule has 2 amide bonds. The van der Waals surface area contributed by atoms with Crippen molar-refractivity contribution in [1.29, 1.82) is 0 Å². The first-order valence-corrected chi connectivity index (χ1v) is 9.67. The van der Waals surface area contributed by atoms with Crippen LogP contribution < -0.4 is 5.32 Å². The van der Waals surface area contributed by atoms with Gasteiger partial charge in [0, 0.05) is 38.0 Å². The lowest BCUT2D eigenvalue weighted by molar-refractivity contribution is 0.134. The Morgan fingerprint density at radius 2 is 2.04 bits per heavy atom. The highest BCUT2D eigenvalue weighted by atomic mass is 16.3. The van der Waals surface area contributed by atoms with Crippen LogP contribution in [0.15, 0.2) is 18.2 Å². The normalized spacial score (nSPS) is 18.3. The van der Waals surface area contributed by atoms with Crippen molar-refractivity contribution in [2.45, 2.75) is 51.0 Å². The first kappa shape index (κ1) is 18.2. The number of carbonyl (C=O) groups is 1. The van der Waals surface area contributed by atoms with E-state index in [0.29, 0.717) is 6.04 Å². The maximum atomic E-state index is 12.7. The molecule has 0 spiro atoms. The minimum absolute atomic E-state index is 0.0374. The van der Waals surface area contributed by atoms with Crippen molar-refractivity contribution >= 4 is 11.7 Å². The van der Waals surface area contributed by atoms with Crippen LogP contribution in [0.25, 0.3) is 0 Å². The molecule has 0 saturated carbocycles. The molecule has 0 unspecified atom stereocenters. The van der Waals surface area contributed by atoms with Gasteiger partial charge in [0.1, 0.15) is 0 Å². The smallest absolute Gasteiger partial charge is 0.321 e. The van der Waals surface area contributed by atoms with Gasteiger partial charge in [0.05, 0.1) is 0 Å². The van der Waals surface area contributed by atoms with Crippen molar-refractivity contribution in [3.8, 4) is 0 Å². The SMILES string of the molecule is CN(CCCO)C1CCN(C(=O)Nc2cccc3c2CCCC3)CC1. The maximum absolute atomic E-state index is 12.7. The predicted octanol–water partition coefficient (Wildman–Crippen LogP) is 2.88. The number of urea groups is 1. The number of rotatable bonds is 5. The van der Waals surface area contributed by atoms with E-state index < -0.39 is 0 Å². The molecule has 1 aromatic rings. The van der Waals surface area contributed by atoms with E-state index in [2.05, 4.69) is 29.4 Å². The molecule has 0 radical (unpaired) electrons. The molecular formula is C20H31N3O2. The highest BCUT2D eigenvalue weighted by molar-refractivity contribution is 5.90. The van der Waals surface area contributed by atoms with Crippen LogP contribution in [0.1, 0.15) is 43.2 Å². The molecule has 5 heteroatoms. The number of piperidine rings is 1. The lowest BCUT2D eigenvalue weighted by Gasteiger charge is -2.36. The Labute approximate surface area is 151 Å². The van der Waals surface area contributed by atoms with Gasteiger partial charge in [0.2, 0.25) is 0 Å². The Kier molecular flexibility index (Phi) is 6.32. The fourth-order valence-corrected chi connectivity index (χ4v) is 4.11. The number of amides is 2. The molecular weight excluding hydrogens is 314 g/mol. The van der Waals surface area contributed by atoms with E-state index in [0.717, 1.165) is 57.4 Å². The van der Waals surface area contributed by atoms with Crippen LogP contribution in [0.3, 0.4) is 0 Å². The molecule has 25 heavy (non-hydrogen) atoms. The van der Waals surface area contributed by atoms with Gasteiger partial charge in [-0.15, -0.1) is 0 Å². The molecule has 1 aliphatic carbocycles. The van der Waals surface area contributed by atoms with Crippen molar-refractivity contribution in [2.24, 2.45) is 0 Å². The zero-order chi connectivity index (χ0) is 17.6. The Balaban J connectivity index is 1.53. The van der Waals surface area contributed by atoms with E-state index in [4.69, 9.17) is 5.11 Å². The largest absolute Gasteiger partial charge is 0.396 e. The topological polar surface area (TPSA) is 55.8 Å². The fourth-order valence-electron chi connectivity index (χ4n) is 4.11. The number of likely N-dealkylation sites (tertiary alicyclic amines) is 1. The zero-order valence-corrected chi connectivity index (χ0v) is 15.3. The first-order chi connectivity index (χ1) is 12.2. The fraction of sp³-hybridized carbons (Fsp3) is 0.650. The summed E-state index contributed by atoms with van der Waals surface area (Å²) >= 11 is 0. The molecule has 3 rings (SSSR count). The van der Waals surface area contributed by atoms with Gasteiger partial charge in [0.25, 0.3) is 0 Å². The van der Waals surface area contributed by atoms with E-state index in [1.54, 1.807) is 0 Å². The third kappa shape index (κ3) is 4.53. The number of carbonyl (C=O) groups excluding carboxylic acids is 1. The monoisotopic (exact) mass is 345 g/mol. The van der Waals surface area contributed by atoms with E-state index in [9.17, 15) is 4.79 Å². The summed E-state index contributed by atoms with van der Waals surface area (Å²) in [4.78, 5) is 16.9. The van der Waals surface area contributed by atoms with Crippen LogP contribution in [0.5, 0.6) is 0 Å². The molecule has 0 bridgehead atoms. The highest BCUT2D eigenvalue weighted by Crippen LogP contribution is 2.28. The number of nitrogens with zero attached hydrogens (tertiary/aromatic N) is 2. The van der Waals surface area contributed by atoms with E-state index >= 15 is 0 Å². The Hall–Kier alpha value is -1.59. The van der Waals surface area contributed by atoms with Crippen LogP contribution in [0, 0.1) is 0 Å². The van der Waals surface area contributed by atoms with Crippen molar-refractivity contribution < 1.29 is 9.90 Å². The molecule has 1 aromatic carbocycles. The summed E-state index contributed by atoms with van der Waals surface area (Å²) in [6, 6.07) is 6.84. The van der Waals surface area contributed by atoms with Gasteiger partial charge >= 0.3 is 6.03 Å². The Morgan fingerprint density at radius 3 is 2.80 bits per heavy atom. The molecule has 0 atom stereocenters. The van der Waals surface area contributed by atoms with Gasteiger partial charge in [-0.3, -0.25) is 0 Å². The minimum Gasteiger partial charge on any atom is -0.396 e. The summed E-state index contributed by atoms with van der Waals surface area (Å²) in [6.45, 7) is 2.76. The summed E-state index contributed by atoms with van der Waals surface area (Å²) < 4.78 is 0. The average Bonchev–Trinajstić information content (AvgIpc) is 2.66. The van der Waals surface area contributed by atoms with E-state index in [1.165, 1.54) is 24.0 Å². The second kappa shape index (κ2) is 8.68. The number of aliphatic hydroxyl groups excluding tert-OH is 1. The molecule has 2 N–H and O–H groups in total. The number of nitrogens with one attached hydrogen (secondary N) is 1. The standard InChI is InChI=1S/C20H31N3O2/c1-22(12-5-15-24)17-10-13-23(14-11-17)20(25)21-19-9-4-7-16-6-2-3-8-18(16)19/h4,7,9,17,24H,2-3,5-6,8,10-15H2,1H3,(H,21,25). The molecule has 1 saturated heterocycles. The zero-order valence-electron chi connectivity index (χ0n) is 15.3. The summed E-state index contributed by atoms with van der Waals surface area (Å²) in [6.07, 6.45) is 7.49.